The molecular weight excluding hydrogens is 245 g/mol. The zero-order valence-electron chi connectivity index (χ0n) is 11.1. The normalized spacial score (nSPS) is 18.1. The van der Waals surface area contributed by atoms with Crippen LogP contribution in [0.15, 0.2) is 23.4 Å². The fourth-order valence-corrected chi connectivity index (χ4v) is 2.34. The number of hydrogen-bond acceptors (Lipinski definition) is 3. The minimum absolute atomic E-state index is 0.0761. The molecule has 0 bridgehead atoms. The van der Waals surface area contributed by atoms with Crippen LogP contribution < -0.4 is 11.1 Å². The molecule has 19 heavy (non-hydrogen) atoms. The first-order valence-electron chi connectivity index (χ1n) is 6.61. The highest BCUT2D eigenvalue weighted by Gasteiger charge is 2.23. The van der Waals surface area contributed by atoms with Crippen molar-refractivity contribution in [3.8, 4) is 0 Å². The number of hydrogen-bond donors (Lipinski definition) is 3. The molecule has 2 rings (SSSR count). The Morgan fingerprint density at radius 3 is 2.84 bits per heavy atom. The second kappa shape index (κ2) is 6.02. The first-order chi connectivity index (χ1) is 9.10. The Balaban J connectivity index is 2.01. The van der Waals surface area contributed by atoms with Gasteiger partial charge in [-0.05, 0) is 49.4 Å². The molecule has 0 radical (unpaired) electrons. The van der Waals surface area contributed by atoms with Crippen LogP contribution >= 0.6 is 0 Å². The van der Waals surface area contributed by atoms with Crippen molar-refractivity contribution >= 4 is 5.84 Å². The van der Waals surface area contributed by atoms with Gasteiger partial charge < -0.3 is 16.3 Å². The highest BCUT2D eigenvalue weighted by molar-refractivity contribution is 5.97. The van der Waals surface area contributed by atoms with E-state index in [1.54, 1.807) is 6.07 Å². The molecule has 1 unspecified atom stereocenters. The SMILES string of the molecule is CC(NCc1cc(F)cc(/C(N)=N/O)c1)C1CCC1. The largest absolute Gasteiger partial charge is 0.409 e. The molecular formula is C14H20FN3O. The summed E-state index contributed by atoms with van der Waals surface area (Å²) < 4.78 is 13.5. The van der Waals surface area contributed by atoms with Crippen molar-refractivity contribution in [2.75, 3.05) is 0 Å². The predicted molar refractivity (Wildman–Crippen MR) is 72.6 cm³/mol. The molecule has 0 heterocycles. The Morgan fingerprint density at radius 2 is 2.26 bits per heavy atom. The summed E-state index contributed by atoms with van der Waals surface area (Å²) in [6.45, 7) is 2.74. The number of halogens is 1. The van der Waals surface area contributed by atoms with Crippen molar-refractivity contribution in [3.05, 3.63) is 35.1 Å². The van der Waals surface area contributed by atoms with Gasteiger partial charge in [-0.15, -0.1) is 0 Å². The minimum Gasteiger partial charge on any atom is -0.409 e. The van der Waals surface area contributed by atoms with Crippen molar-refractivity contribution < 1.29 is 9.60 Å². The highest BCUT2D eigenvalue weighted by atomic mass is 19.1. The van der Waals surface area contributed by atoms with Gasteiger partial charge in [0.05, 0.1) is 0 Å². The van der Waals surface area contributed by atoms with Crippen LogP contribution in [0.2, 0.25) is 0 Å². The van der Waals surface area contributed by atoms with Crippen LogP contribution in [0.5, 0.6) is 0 Å². The molecule has 1 atom stereocenters. The molecule has 1 aromatic carbocycles. The average molecular weight is 265 g/mol. The van der Waals surface area contributed by atoms with Crippen LogP contribution in [0.1, 0.15) is 37.3 Å². The van der Waals surface area contributed by atoms with E-state index in [1.165, 1.54) is 31.4 Å². The molecule has 1 aromatic rings. The van der Waals surface area contributed by atoms with E-state index in [9.17, 15) is 4.39 Å². The zero-order valence-corrected chi connectivity index (χ0v) is 11.1. The maximum absolute atomic E-state index is 13.5. The van der Waals surface area contributed by atoms with Gasteiger partial charge in [0.2, 0.25) is 0 Å². The third-order valence-corrected chi connectivity index (χ3v) is 3.85. The van der Waals surface area contributed by atoms with Gasteiger partial charge in [-0.3, -0.25) is 0 Å². The van der Waals surface area contributed by atoms with E-state index in [-0.39, 0.29) is 11.7 Å². The number of nitrogens with zero attached hydrogens (tertiary/aromatic N) is 1. The third kappa shape index (κ3) is 3.44. The lowest BCUT2D eigenvalue weighted by Gasteiger charge is -2.32. The number of benzene rings is 1. The lowest BCUT2D eigenvalue weighted by atomic mass is 9.80. The topological polar surface area (TPSA) is 70.6 Å². The summed E-state index contributed by atoms with van der Waals surface area (Å²) in [5.74, 6) is 0.280. The molecule has 104 valence electrons. The summed E-state index contributed by atoms with van der Waals surface area (Å²) in [5, 5.41) is 14.9. The second-order valence-corrected chi connectivity index (χ2v) is 5.19. The van der Waals surface area contributed by atoms with E-state index in [4.69, 9.17) is 10.9 Å². The Kier molecular flexibility index (Phi) is 4.37. The molecule has 4 N–H and O–H groups in total. The summed E-state index contributed by atoms with van der Waals surface area (Å²) >= 11 is 0. The van der Waals surface area contributed by atoms with E-state index in [0.717, 1.165) is 11.5 Å². The van der Waals surface area contributed by atoms with Crippen LogP contribution in [0.4, 0.5) is 4.39 Å². The van der Waals surface area contributed by atoms with Crippen molar-refractivity contribution in [1.82, 2.24) is 5.32 Å². The quantitative estimate of drug-likeness (QED) is 0.331. The second-order valence-electron chi connectivity index (χ2n) is 5.19. The highest BCUT2D eigenvalue weighted by Crippen LogP contribution is 2.29. The number of nitrogens with two attached hydrogens (primary N) is 1. The van der Waals surface area contributed by atoms with E-state index in [1.807, 2.05) is 0 Å². The molecule has 0 saturated heterocycles. The van der Waals surface area contributed by atoms with Gasteiger partial charge in [0.25, 0.3) is 0 Å². The molecule has 0 aliphatic heterocycles. The molecule has 0 spiro atoms. The Morgan fingerprint density at radius 1 is 1.53 bits per heavy atom. The number of rotatable bonds is 5. The molecule has 1 saturated carbocycles. The fourth-order valence-electron chi connectivity index (χ4n) is 2.34. The van der Waals surface area contributed by atoms with Gasteiger partial charge in [-0.2, -0.15) is 0 Å². The smallest absolute Gasteiger partial charge is 0.170 e. The van der Waals surface area contributed by atoms with Crippen LogP contribution in [0.25, 0.3) is 0 Å². The van der Waals surface area contributed by atoms with Crippen molar-refractivity contribution in [2.24, 2.45) is 16.8 Å². The van der Waals surface area contributed by atoms with Gasteiger partial charge in [0.15, 0.2) is 5.84 Å². The van der Waals surface area contributed by atoms with Crippen LogP contribution in [0.3, 0.4) is 0 Å². The fraction of sp³-hybridized carbons (Fsp3) is 0.500. The lowest BCUT2D eigenvalue weighted by Crippen LogP contribution is -2.36. The lowest BCUT2D eigenvalue weighted by molar-refractivity contribution is 0.240. The first-order valence-corrected chi connectivity index (χ1v) is 6.61. The Hall–Kier alpha value is -1.62. The van der Waals surface area contributed by atoms with Gasteiger partial charge in [-0.25, -0.2) is 4.39 Å². The molecule has 1 aliphatic rings. The summed E-state index contributed by atoms with van der Waals surface area (Å²) in [5.41, 5.74) is 6.68. The molecule has 0 aromatic heterocycles. The molecule has 4 nitrogen and oxygen atoms in total. The van der Waals surface area contributed by atoms with E-state index in [2.05, 4.69) is 17.4 Å². The number of nitrogens with one attached hydrogen (secondary N) is 1. The number of oxime groups is 1. The van der Waals surface area contributed by atoms with Gasteiger partial charge in [0.1, 0.15) is 5.82 Å². The Bertz CT molecular complexity index is 472. The average Bonchev–Trinajstić information content (AvgIpc) is 2.32. The van der Waals surface area contributed by atoms with Crippen LogP contribution in [0, 0.1) is 11.7 Å². The minimum atomic E-state index is -0.378. The molecule has 5 heteroatoms. The summed E-state index contributed by atoms with van der Waals surface area (Å²) in [6.07, 6.45) is 3.85. The van der Waals surface area contributed by atoms with Crippen LogP contribution in [-0.4, -0.2) is 17.1 Å². The van der Waals surface area contributed by atoms with Gasteiger partial charge in [-0.1, -0.05) is 11.6 Å². The maximum atomic E-state index is 13.5. The summed E-state index contributed by atoms with van der Waals surface area (Å²) in [4.78, 5) is 0. The number of amidine groups is 1. The molecule has 0 amide bonds. The third-order valence-electron chi connectivity index (χ3n) is 3.85. The van der Waals surface area contributed by atoms with E-state index >= 15 is 0 Å². The van der Waals surface area contributed by atoms with Crippen LogP contribution in [-0.2, 0) is 6.54 Å². The molecule has 1 aliphatic carbocycles. The maximum Gasteiger partial charge on any atom is 0.170 e. The first kappa shape index (κ1) is 13.8. The van der Waals surface area contributed by atoms with Crippen molar-refractivity contribution in [1.29, 1.82) is 0 Å². The predicted octanol–water partition coefficient (Wildman–Crippen LogP) is 2.20. The standard InChI is InChI=1S/C14H20FN3O/c1-9(11-3-2-4-11)17-8-10-5-12(14(16)18-19)7-13(15)6-10/h5-7,9,11,17,19H,2-4,8H2,1H3,(H2,16,18). The Labute approximate surface area is 112 Å². The molecule has 1 fully saturated rings. The summed E-state index contributed by atoms with van der Waals surface area (Å²) in [7, 11) is 0. The van der Waals surface area contributed by atoms with Crippen molar-refractivity contribution in [3.63, 3.8) is 0 Å². The summed E-state index contributed by atoms with van der Waals surface area (Å²) in [6, 6.07) is 4.89. The van der Waals surface area contributed by atoms with Crippen molar-refractivity contribution in [2.45, 2.75) is 38.8 Å². The van der Waals surface area contributed by atoms with E-state index < -0.39 is 0 Å². The van der Waals surface area contributed by atoms with Gasteiger partial charge >= 0.3 is 0 Å². The monoisotopic (exact) mass is 265 g/mol. The zero-order chi connectivity index (χ0) is 13.8. The van der Waals surface area contributed by atoms with Gasteiger partial charge in [0, 0.05) is 18.2 Å². The van der Waals surface area contributed by atoms with E-state index in [0.29, 0.717) is 18.2 Å².